The largest absolute Gasteiger partial charge is 0.507 e. The maximum Gasteiger partial charge on any atom is 0.126 e. The van der Waals surface area contributed by atoms with E-state index in [-0.39, 0.29) is 19.0 Å². The second-order valence-electron chi connectivity index (χ2n) is 2.94. The van der Waals surface area contributed by atoms with Gasteiger partial charge in [0.15, 0.2) is 0 Å². The van der Waals surface area contributed by atoms with Gasteiger partial charge in [-0.1, -0.05) is 0 Å². The van der Waals surface area contributed by atoms with Gasteiger partial charge in [0.1, 0.15) is 11.6 Å². The van der Waals surface area contributed by atoms with Gasteiger partial charge in [-0.25, -0.2) is 4.39 Å². The monoisotopic (exact) mass is 200 g/mol. The SMILES string of the molecule is COCc1cc(F)cc(COC)c1O. The van der Waals surface area contributed by atoms with Gasteiger partial charge >= 0.3 is 0 Å². The summed E-state index contributed by atoms with van der Waals surface area (Å²) in [4.78, 5) is 0. The van der Waals surface area contributed by atoms with Crippen LogP contribution in [0.4, 0.5) is 4.39 Å². The highest BCUT2D eigenvalue weighted by molar-refractivity contribution is 5.40. The average Bonchev–Trinajstić information content (AvgIpc) is 2.14. The smallest absolute Gasteiger partial charge is 0.126 e. The van der Waals surface area contributed by atoms with Gasteiger partial charge in [0.2, 0.25) is 0 Å². The third kappa shape index (κ3) is 2.43. The van der Waals surface area contributed by atoms with Crippen LogP contribution in [0.5, 0.6) is 5.75 Å². The lowest BCUT2D eigenvalue weighted by molar-refractivity contribution is 0.173. The molecule has 0 amide bonds. The molecule has 0 radical (unpaired) electrons. The molecule has 4 heteroatoms. The molecular weight excluding hydrogens is 187 g/mol. The number of phenolic OH excluding ortho intramolecular Hbond substituents is 1. The third-order valence-electron chi connectivity index (χ3n) is 1.83. The Morgan fingerprint density at radius 3 is 1.93 bits per heavy atom. The van der Waals surface area contributed by atoms with E-state index in [0.717, 1.165) is 0 Å². The zero-order chi connectivity index (χ0) is 10.6. The Bertz CT molecular complexity index is 285. The quantitative estimate of drug-likeness (QED) is 0.805. The molecule has 0 aliphatic rings. The topological polar surface area (TPSA) is 38.7 Å². The molecule has 78 valence electrons. The molecular formula is C10H13FO3. The molecule has 0 spiro atoms. The molecule has 0 heterocycles. The first-order valence-electron chi connectivity index (χ1n) is 4.17. The average molecular weight is 200 g/mol. The van der Waals surface area contributed by atoms with Crippen molar-refractivity contribution in [3.8, 4) is 5.75 Å². The Kier molecular flexibility index (Phi) is 3.85. The van der Waals surface area contributed by atoms with E-state index in [0.29, 0.717) is 11.1 Å². The number of phenols is 1. The van der Waals surface area contributed by atoms with Crippen LogP contribution in [0.25, 0.3) is 0 Å². The van der Waals surface area contributed by atoms with Gasteiger partial charge in [-0.3, -0.25) is 0 Å². The number of hydrogen-bond acceptors (Lipinski definition) is 3. The van der Waals surface area contributed by atoms with Crippen molar-refractivity contribution in [3.63, 3.8) is 0 Å². The Labute approximate surface area is 82.1 Å². The second kappa shape index (κ2) is 4.93. The molecule has 1 rings (SSSR count). The van der Waals surface area contributed by atoms with Crippen molar-refractivity contribution in [2.24, 2.45) is 0 Å². The van der Waals surface area contributed by atoms with Crippen molar-refractivity contribution in [1.82, 2.24) is 0 Å². The second-order valence-corrected chi connectivity index (χ2v) is 2.94. The molecule has 0 aliphatic heterocycles. The van der Waals surface area contributed by atoms with Gasteiger partial charge in [0.05, 0.1) is 13.2 Å². The Hall–Kier alpha value is -1.13. The summed E-state index contributed by atoms with van der Waals surface area (Å²) in [6.07, 6.45) is 0. The fourth-order valence-corrected chi connectivity index (χ4v) is 1.25. The molecule has 0 aliphatic carbocycles. The minimum atomic E-state index is -0.401. The van der Waals surface area contributed by atoms with Crippen LogP contribution in [-0.4, -0.2) is 19.3 Å². The van der Waals surface area contributed by atoms with Crippen LogP contribution in [0, 0.1) is 5.82 Å². The Morgan fingerprint density at radius 1 is 1.14 bits per heavy atom. The molecule has 0 saturated heterocycles. The molecule has 14 heavy (non-hydrogen) atoms. The molecule has 0 bridgehead atoms. The van der Waals surface area contributed by atoms with Crippen molar-refractivity contribution >= 4 is 0 Å². The highest BCUT2D eigenvalue weighted by Gasteiger charge is 2.09. The van der Waals surface area contributed by atoms with E-state index < -0.39 is 5.82 Å². The van der Waals surface area contributed by atoms with E-state index in [1.807, 2.05) is 0 Å². The number of aromatic hydroxyl groups is 1. The summed E-state index contributed by atoms with van der Waals surface area (Å²) in [7, 11) is 2.97. The van der Waals surface area contributed by atoms with Crippen LogP contribution in [0.1, 0.15) is 11.1 Å². The van der Waals surface area contributed by atoms with E-state index in [4.69, 9.17) is 9.47 Å². The number of halogens is 1. The van der Waals surface area contributed by atoms with Crippen molar-refractivity contribution < 1.29 is 19.0 Å². The van der Waals surface area contributed by atoms with Gasteiger partial charge in [0.25, 0.3) is 0 Å². The summed E-state index contributed by atoms with van der Waals surface area (Å²) in [6, 6.07) is 2.50. The summed E-state index contributed by atoms with van der Waals surface area (Å²) in [6.45, 7) is 0.362. The molecule has 0 aromatic heterocycles. The van der Waals surface area contributed by atoms with E-state index in [9.17, 15) is 9.50 Å². The molecule has 3 nitrogen and oxygen atoms in total. The number of ether oxygens (including phenoxy) is 2. The molecule has 1 aromatic carbocycles. The fraction of sp³-hybridized carbons (Fsp3) is 0.400. The molecule has 0 saturated carbocycles. The summed E-state index contributed by atoms with van der Waals surface area (Å²) in [5, 5.41) is 9.65. The molecule has 0 fully saturated rings. The molecule has 1 N–H and O–H groups in total. The Balaban J connectivity index is 3.04. The predicted molar refractivity (Wildman–Crippen MR) is 49.5 cm³/mol. The highest BCUT2D eigenvalue weighted by atomic mass is 19.1. The van der Waals surface area contributed by atoms with Crippen LogP contribution in [0.2, 0.25) is 0 Å². The number of rotatable bonds is 4. The minimum Gasteiger partial charge on any atom is -0.507 e. The number of hydrogen-bond donors (Lipinski definition) is 1. The van der Waals surface area contributed by atoms with Crippen molar-refractivity contribution in [3.05, 3.63) is 29.1 Å². The summed E-state index contributed by atoms with van der Waals surface area (Å²) < 4.78 is 22.7. The van der Waals surface area contributed by atoms with Crippen molar-refractivity contribution in [2.75, 3.05) is 14.2 Å². The first-order valence-corrected chi connectivity index (χ1v) is 4.17. The van der Waals surface area contributed by atoms with Gasteiger partial charge in [-0.05, 0) is 12.1 Å². The first kappa shape index (κ1) is 10.9. The summed E-state index contributed by atoms with van der Waals surface area (Å²) >= 11 is 0. The molecule has 1 aromatic rings. The zero-order valence-electron chi connectivity index (χ0n) is 8.21. The van der Waals surface area contributed by atoms with E-state index in [1.54, 1.807) is 0 Å². The van der Waals surface area contributed by atoms with Crippen molar-refractivity contribution in [2.45, 2.75) is 13.2 Å². The third-order valence-corrected chi connectivity index (χ3v) is 1.83. The van der Waals surface area contributed by atoms with Crippen LogP contribution in [0.3, 0.4) is 0 Å². The lowest BCUT2D eigenvalue weighted by Crippen LogP contribution is -1.96. The molecule has 0 atom stereocenters. The van der Waals surface area contributed by atoms with Gasteiger partial charge in [-0.15, -0.1) is 0 Å². The zero-order valence-corrected chi connectivity index (χ0v) is 8.21. The van der Waals surface area contributed by atoms with Crippen LogP contribution in [-0.2, 0) is 22.7 Å². The van der Waals surface area contributed by atoms with E-state index >= 15 is 0 Å². The van der Waals surface area contributed by atoms with Crippen LogP contribution >= 0.6 is 0 Å². The van der Waals surface area contributed by atoms with Gasteiger partial charge in [-0.2, -0.15) is 0 Å². The van der Waals surface area contributed by atoms with E-state index in [1.165, 1.54) is 26.4 Å². The number of benzene rings is 1. The predicted octanol–water partition coefficient (Wildman–Crippen LogP) is 1.82. The van der Waals surface area contributed by atoms with Crippen LogP contribution < -0.4 is 0 Å². The normalized spacial score (nSPS) is 10.5. The maximum atomic E-state index is 13.0. The van der Waals surface area contributed by atoms with Gasteiger partial charge in [0, 0.05) is 25.3 Å². The maximum absolute atomic E-state index is 13.0. The Morgan fingerprint density at radius 2 is 1.57 bits per heavy atom. The lowest BCUT2D eigenvalue weighted by Gasteiger charge is -2.08. The lowest BCUT2D eigenvalue weighted by atomic mass is 10.1. The molecule has 0 unspecified atom stereocenters. The highest BCUT2D eigenvalue weighted by Crippen LogP contribution is 2.25. The fourth-order valence-electron chi connectivity index (χ4n) is 1.25. The number of methoxy groups -OCH3 is 2. The summed E-state index contributed by atoms with van der Waals surface area (Å²) in [5.74, 6) is -0.364. The van der Waals surface area contributed by atoms with Gasteiger partial charge < -0.3 is 14.6 Å². The van der Waals surface area contributed by atoms with Crippen LogP contribution in [0.15, 0.2) is 12.1 Å². The standard InChI is InChI=1S/C10H13FO3/c1-13-5-7-3-9(11)4-8(6-14-2)10(7)12/h3-4,12H,5-6H2,1-2H3. The first-order chi connectivity index (χ1) is 6.69. The summed E-state index contributed by atoms with van der Waals surface area (Å²) in [5.41, 5.74) is 0.860. The minimum absolute atomic E-state index is 0.0371. The van der Waals surface area contributed by atoms with Crippen molar-refractivity contribution in [1.29, 1.82) is 0 Å². The van der Waals surface area contributed by atoms with E-state index in [2.05, 4.69) is 0 Å².